The van der Waals surface area contributed by atoms with Gasteiger partial charge in [0.1, 0.15) is 84.3 Å². The number of hydrogen-bond acceptors (Lipinski definition) is 21. The summed E-state index contributed by atoms with van der Waals surface area (Å²) in [6.45, 7) is 11.7. The Morgan fingerprint density at radius 2 is 0.932 bits per heavy atom. The van der Waals surface area contributed by atoms with Crippen LogP contribution in [-0.2, 0) is 107 Å². The SMILES string of the molecule is CC(C)C[C@@H]1NC(=O)[C@H](CCCNC(=N)N)NC(=O)CN(C)C(=O)[C@H](C)N(C)C(=O)[C@H](C(C)C)NC(=O)[C@H](Cc2ccc(-c3ccccc3)cc2)NC(=O)[C@H](C(C)C)NC(=O)[C@H](Cc2c[nH]c3ccccc23)NC(=O)[C@H](CC(=O)O)NC(=O)[C@H](Cc2ccc(O)cc2)NC(=O)[C@H](Cc2ccccc2)NC(=O)CSC[C@@H](C(=O)NCC(N)=O)NC(=O)[C@H](CO)NC(=O)[C@H](C(C)C)NC1=O. The van der Waals surface area contributed by atoms with Crippen molar-refractivity contribution in [1.29, 1.82) is 5.41 Å². The predicted octanol–water partition coefficient (Wildman–Crippen LogP) is -0.973. The highest BCUT2D eigenvalue weighted by Gasteiger charge is 2.41. The molecule has 40 nitrogen and oxygen atoms in total. The number of fused-ring (bicyclic) bond motifs is 1. The van der Waals surface area contributed by atoms with Gasteiger partial charge in [0, 0.05) is 69.2 Å². The van der Waals surface area contributed by atoms with Gasteiger partial charge in [0.2, 0.25) is 94.5 Å². The van der Waals surface area contributed by atoms with E-state index in [0.717, 1.165) is 20.9 Å². The summed E-state index contributed by atoms with van der Waals surface area (Å²) in [5, 5.41) is 76.0. The monoisotopic (exact) mass is 1860 g/mol. The van der Waals surface area contributed by atoms with Crippen LogP contribution in [0.5, 0.6) is 5.75 Å². The van der Waals surface area contributed by atoms with Crippen molar-refractivity contribution in [2.75, 3.05) is 51.8 Å². The molecule has 1 aliphatic rings. The number of primary amides is 1. The second-order valence-electron chi connectivity index (χ2n) is 34.2. The van der Waals surface area contributed by atoms with Crippen LogP contribution in [0.25, 0.3) is 22.0 Å². The lowest BCUT2D eigenvalue weighted by Crippen LogP contribution is -2.62. The van der Waals surface area contributed by atoms with E-state index in [1.807, 2.05) is 30.3 Å². The third kappa shape index (κ3) is 33.4. The molecule has 0 aliphatic carbocycles. The highest BCUT2D eigenvalue weighted by molar-refractivity contribution is 8.00. The number of rotatable bonds is 24. The zero-order valence-electron chi connectivity index (χ0n) is 76.2. The molecule has 0 bridgehead atoms. The number of nitrogens with two attached hydrogens (primary N) is 2. The molecule has 0 unspecified atom stereocenters. The van der Waals surface area contributed by atoms with Crippen molar-refractivity contribution >= 4 is 129 Å². The average molecular weight is 1860 g/mol. The second-order valence-corrected chi connectivity index (χ2v) is 35.2. The first-order valence-corrected chi connectivity index (χ1v) is 44.9. The summed E-state index contributed by atoms with van der Waals surface area (Å²) < 4.78 is 0. The molecule has 1 aromatic heterocycles. The van der Waals surface area contributed by atoms with Crippen molar-refractivity contribution in [2.45, 2.75) is 192 Å². The van der Waals surface area contributed by atoms with Gasteiger partial charge in [-0.05, 0) is 101 Å². The first-order valence-electron chi connectivity index (χ1n) is 43.7. The van der Waals surface area contributed by atoms with Crippen molar-refractivity contribution in [2.24, 2.45) is 35.1 Å². The summed E-state index contributed by atoms with van der Waals surface area (Å²) in [5.74, 6) is -21.7. The van der Waals surface area contributed by atoms with Gasteiger partial charge in [-0.2, -0.15) is 0 Å². The van der Waals surface area contributed by atoms with Gasteiger partial charge in [0.05, 0.1) is 31.9 Å². The number of phenolic OH excluding ortho intramolecular Hbond substituents is 1. The van der Waals surface area contributed by atoms with Crippen molar-refractivity contribution in [3.8, 4) is 16.9 Å². The molecule has 7 rings (SSSR count). The number of aliphatic hydroxyl groups is 1. The summed E-state index contributed by atoms with van der Waals surface area (Å²) in [7, 11) is 2.56. The van der Waals surface area contributed by atoms with Crippen LogP contribution in [0.2, 0.25) is 0 Å². The molecule has 2 heterocycles. The summed E-state index contributed by atoms with van der Waals surface area (Å²) in [6.07, 6.45) is -0.963. The number of aromatic amines is 1. The minimum atomic E-state index is -2.06. The van der Waals surface area contributed by atoms with Crippen molar-refractivity contribution in [3.63, 3.8) is 0 Å². The maximum absolute atomic E-state index is 15.4. The Kier molecular flexibility index (Phi) is 41.1. The fraction of sp³-hybridized carbons (Fsp3) is 0.457. The van der Waals surface area contributed by atoms with Crippen LogP contribution in [0.15, 0.2) is 140 Å². The fourth-order valence-corrected chi connectivity index (χ4v) is 15.4. The number of nitrogens with one attached hydrogen (secondary N) is 16. The van der Waals surface area contributed by atoms with Crippen molar-refractivity contribution in [3.05, 3.63) is 162 Å². The quantitative estimate of drug-likeness (QED) is 0.0197. The highest BCUT2D eigenvalue weighted by atomic mass is 32.2. The number of aliphatic carboxylic acids is 1. The summed E-state index contributed by atoms with van der Waals surface area (Å²) in [5.41, 5.74) is 14.9. The van der Waals surface area contributed by atoms with Gasteiger partial charge in [0.15, 0.2) is 5.96 Å². The number of H-pyrrole nitrogens is 1. The molecule has 0 radical (unpaired) electrons. The topological polar surface area (TPSA) is 617 Å². The number of nitrogens with zero attached hydrogens (tertiary/aromatic N) is 2. The van der Waals surface area contributed by atoms with Gasteiger partial charge in [-0.25, -0.2) is 0 Å². The summed E-state index contributed by atoms with van der Waals surface area (Å²) in [6, 6.07) is 16.0. The van der Waals surface area contributed by atoms with Gasteiger partial charge < -0.3 is 116 Å². The van der Waals surface area contributed by atoms with Crippen molar-refractivity contribution in [1.82, 2.24) is 89.2 Å². The number of aliphatic hydroxyl groups excluding tert-OH is 1. The van der Waals surface area contributed by atoms with E-state index in [2.05, 4.69) is 79.4 Å². The number of para-hydroxylation sites is 1. The van der Waals surface area contributed by atoms with E-state index in [1.165, 1.54) is 59.1 Å². The van der Waals surface area contributed by atoms with Gasteiger partial charge >= 0.3 is 5.97 Å². The third-order valence-electron chi connectivity index (χ3n) is 22.0. The Balaban J connectivity index is 1.30. The minimum absolute atomic E-state index is 0.0306. The second kappa shape index (κ2) is 51.6. The Hall–Kier alpha value is -14.0. The molecule has 133 heavy (non-hydrogen) atoms. The fourth-order valence-electron chi connectivity index (χ4n) is 14.5. The Morgan fingerprint density at radius 3 is 1.47 bits per heavy atom. The number of aromatic hydroxyl groups is 1. The molecule has 0 spiro atoms. The lowest BCUT2D eigenvalue weighted by atomic mass is 9.97. The number of carboxylic acid groups (broad SMARTS) is 1. The zero-order chi connectivity index (χ0) is 98.0. The van der Waals surface area contributed by atoms with E-state index < -0.39 is 247 Å². The number of benzene rings is 5. The minimum Gasteiger partial charge on any atom is -0.508 e. The van der Waals surface area contributed by atoms with Crippen LogP contribution in [0, 0.1) is 29.1 Å². The van der Waals surface area contributed by atoms with Gasteiger partial charge in [-0.1, -0.05) is 171 Å². The average Bonchev–Trinajstić information content (AvgIpc) is 1.79. The van der Waals surface area contributed by atoms with E-state index in [-0.39, 0.29) is 56.7 Å². The first kappa shape index (κ1) is 106. The molecule has 1 fully saturated rings. The number of carbonyl (C=O) groups is 17. The van der Waals surface area contributed by atoms with Crippen LogP contribution < -0.4 is 85.9 Å². The van der Waals surface area contributed by atoms with Crippen LogP contribution in [0.3, 0.4) is 0 Å². The maximum atomic E-state index is 15.4. The Labute approximate surface area is 774 Å². The van der Waals surface area contributed by atoms with E-state index >= 15 is 28.8 Å². The molecule has 13 atom stereocenters. The van der Waals surface area contributed by atoms with E-state index in [4.69, 9.17) is 16.9 Å². The van der Waals surface area contributed by atoms with Gasteiger partial charge in [-0.15, -0.1) is 11.8 Å². The number of carboxylic acids is 1. The predicted molar refractivity (Wildman–Crippen MR) is 495 cm³/mol. The van der Waals surface area contributed by atoms with Crippen LogP contribution in [0.1, 0.15) is 110 Å². The third-order valence-corrected chi connectivity index (χ3v) is 23.0. The number of likely N-dealkylation sites (N-methyl/N-ethyl adjacent to an activating group) is 2. The molecular formula is C92H124N20O20S. The van der Waals surface area contributed by atoms with E-state index in [1.54, 1.807) is 127 Å². The van der Waals surface area contributed by atoms with Crippen LogP contribution in [0.4, 0.5) is 0 Å². The van der Waals surface area contributed by atoms with Crippen molar-refractivity contribution < 1.29 is 96.8 Å². The van der Waals surface area contributed by atoms with Gasteiger partial charge in [-0.3, -0.25) is 86.9 Å². The highest BCUT2D eigenvalue weighted by Crippen LogP contribution is 2.24. The number of hydrogen-bond donors (Lipinski definition) is 21. The number of guanidine groups is 1. The molecule has 1 saturated heterocycles. The maximum Gasteiger partial charge on any atom is 0.305 e. The number of aromatic nitrogens is 1. The molecule has 6 aromatic rings. The first-order chi connectivity index (χ1) is 63.0. The number of thioether (sulfide) groups is 1. The number of carbonyl (C=O) groups excluding carboxylic acids is 16. The lowest BCUT2D eigenvalue weighted by molar-refractivity contribution is -0.147. The molecular weight excluding hydrogens is 1740 g/mol. The molecule has 41 heteroatoms. The number of phenols is 1. The molecule has 16 amide bonds. The zero-order valence-corrected chi connectivity index (χ0v) is 77.0. The van der Waals surface area contributed by atoms with Crippen LogP contribution in [-0.4, -0.2) is 267 Å². The lowest BCUT2D eigenvalue weighted by Gasteiger charge is -2.33. The number of amides is 16. The van der Waals surface area contributed by atoms with Crippen LogP contribution >= 0.6 is 11.8 Å². The molecule has 718 valence electrons. The normalized spacial score (nSPS) is 22.8. The largest absolute Gasteiger partial charge is 0.508 e. The molecule has 0 saturated carbocycles. The van der Waals surface area contributed by atoms with E-state index in [9.17, 15) is 68.1 Å². The standard InChI is InChI=1S/C92H124N20O20S/c1-49(2)37-64-84(125)108-77(51(5)6)89(130)106-70(46-113)87(128)107-71(79(120)98-44-72(93)115)47-133-48-74(117)100-65(38-54-21-14-12-15-22-54)81(122)102-66(40-56-30-34-60(114)35-31-56)82(123)104-69(42-75(118)119)83(124)103-68(41-59-43-97-62-26-19-18-25-61(59)62)86(127)109-76(50(3)4)88(129)105-67(39-55-28-32-58(33-29-55)57-23-16-13-17-24-57)85(126)110-78(52(7)8)91(132)112(11)53(9)90(131)111(10)45-73(116)99-63(80(121)101-64)27-20-36-96-92(94)95/h12-19,21-26,28-35,43,49-53,63-71,76-78,97,113-114H,20,27,36-42,44-48H2,1-11H3,(H2,93,115)(H,98,120)(H,99,116)(H,100,117)(H,101,121)(H,102,122)(H,103,124)(H,104,123)(H,105,129)(H,106,130)(H,107,128)(H,108,125)(H,109,127)(H,110,126)(H,118,119)(H4,94,95,96)/t53-,63-,64-,65-,66-,67-,68-,69-,70-,71-,76-,77-,78-/m0/s1. The Morgan fingerprint density at radius 1 is 0.489 bits per heavy atom. The Bertz CT molecular complexity index is 5080. The smallest absolute Gasteiger partial charge is 0.305 e. The molecule has 1 aliphatic heterocycles. The summed E-state index contributed by atoms with van der Waals surface area (Å²) >= 11 is 0.711. The van der Waals surface area contributed by atoms with Gasteiger partial charge in [0.25, 0.3) is 0 Å². The van der Waals surface area contributed by atoms with E-state index in [0.29, 0.717) is 44.9 Å². The summed E-state index contributed by atoms with van der Waals surface area (Å²) in [4.78, 5) is 251. The molecule has 5 aromatic carbocycles. The molecule has 23 N–H and O–H groups in total.